The van der Waals surface area contributed by atoms with Crippen LogP contribution in [0.25, 0.3) is 0 Å². The van der Waals surface area contributed by atoms with Crippen molar-refractivity contribution in [2.75, 3.05) is 10.6 Å². The van der Waals surface area contributed by atoms with Crippen molar-refractivity contribution in [3.05, 3.63) is 94.5 Å². The molecule has 0 saturated heterocycles. The second kappa shape index (κ2) is 7.95. The number of para-hydroxylation sites is 2. The molecule has 0 saturated carbocycles. The van der Waals surface area contributed by atoms with E-state index in [9.17, 15) is 14.4 Å². The number of carbonyl (C=O) groups excluding carboxylic acids is 3. The number of Topliss-reactive ketones (excluding diaryl/α,β-unsaturated/α-hetero) is 1. The number of amides is 2. The molecular formula is C25H22N2O3. The van der Waals surface area contributed by atoms with Gasteiger partial charge in [0.25, 0.3) is 5.91 Å². The van der Waals surface area contributed by atoms with E-state index < -0.39 is 5.92 Å². The third-order valence-electron chi connectivity index (χ3n) is 5.49. The third-order valence-corrected chi connectivity index (χ3v) is 5.49. The molecule has 3 aromatic rings. The van der Waals surface area contributed by atoms with Gasteiger partial charge in [0.05, 0.1) is 17.2 Å². The Kier molecular flexibility index (Phi) is 5.19. The highest BCUT2D eigenvalue weighted by atomic mass is 16.2. The van der Waals surface area contributed by atoms with Gasteiger partial charge >= 0.3 is 0 Å². The summed E-state index contributed by atoms with van der Waals surface area (Å²) < 4.78 is 0. The number of rotatable bonds is 4. The number of anilines is 2. The molecule has 0 bridgehead atoms. The predicted octanol–water partition coefficient (Wildman–Crippen LogP) is 4.86. The monoisotopic (exact) mass is 398 g/mol. The maximum Gasteiger partial charge on any atom is 0.257 e. The number of benzene rings is 3. The van der Waals surface area contributed by atoms with Crippen molar-refractivity contribution in [1.29, 1.82) is 0 Å². The number of nitrogens with one attached hydrogen (secondary N) is 2. The Morgan fingerprint density at radius 3 is 2.27 bits per heavy atom. The molecule has 0 spiro atoms. The maximum absolute atomic E-state index is 13.0. The van der Waals surface area contributed by atoms with Crippen LogP contribution in [0.1, 0.15) is 49.7 Å². The minimum Gasteiger partial charge on any atom is -0.325 e. The summed E-state index contributed by atoms with van der Waals surface area (Å²) >= 11 is 0. The van der Waals surface area contributed by atoms with Gasteiger partial charge in [0.15, 0.2) is 5.78 Å². The molecule has 1 atom stereocenters. The maximum atomic E-state index is 13.0. The summed E-state index contributed by atoms with van der Waals surface area (Å²) in [6.45, 7) is 3.87. The van der Waals surface area contributed by atoms with E-state index in [1.807, 2.05) is 44.2 Å². The van der Waals surface area contributed by atoms with Gasteiger partial charge in [-0.25, -0.2) is 0 Å². The van der Waals surface area contributed by atoms with Crippen molar-refractivity contribution in [3.63, 3.8) is 0 Å². The van der Waals surface area contributed by atoms with Gasteiger partial charge in [0, 0.05) is 17.7 Å². The van der Waals surface area contributed by atoms with E-state index in [2.05, 4.69) is 10.6 Å². The SMILES string of the molecule is Cc1cccc(C)c1NC(=O)c1ccccc1NC(=O)[C@H]1CC(=O)c2ccccc21. The first-order valence-electron chi connectivity index (χ1n) is 9.85. The van der Waals surface area contributed by atoms with E-state index in [1.165, 1.54) is 0 Å². The lowest BCUT2D eigenvalue weighted by Crippen LogP contribution is -2.22. The van der Waals surface area contributed by atoms with Crippen molar-refractivity contribution in [1.82, 2.24) is 0 Å². The van der Waals surface area contributed by atoms with Gasteiger partial charge in [-0.15, -0.1) is 0 Å². The molecule has 3 aromatic carbocycles. The van der Waals surface area contributed by atoms with Gasteiger partial charge in [-0.3, -0.25) is 14.4 Å². The topological polar surface area (TPSA) is 75.3 Å². The van der Waals surface area contributed by atoms with E-state index >= 15 is 0 Å². The zero-order chi connectivity index (χ0) is 21.3. The van der Waals surface area contributed by atoms with Crippen LogP contribution < -0.4 is 10.6 Å². The largest absolute Gasteiger partial charge is 0.325 e. The fourth-order valence-corrected chi connectivity index (χ4v) is 3.90. The number of carbonyl (C=O) groups is 3. The minimum atomic E-state index is -0.552. The molecule has 5 nitrogen and oxygen atoms in total. The summed E-state index contributed by atoms with van der Waals surface area (Å²) in [5.74, 6) is -1.18. The lowest BCUT2D eigenvalue weighted by molar-refractivity contribution is -0.117. The van der Waals surface area contributed by atoms with Gasteiger partial charge < -0.3 is 10.6 Å². The molecule has 0 aromatic heterocycles. The molecule has 1 aliphatic carbocycles. The van der Waals surface area contributed by atoms with E-state index in [0.717, 1.165) is 22.4 Å². The molecule has 2 amide bonds. The molecule has 30 heavy (non-hydrogen) atoms. The summed E-state index contributed by atoms with van der Waals surface area (Å²) in [6.07, 6.45) is 0.141. The minimum absolute atomic E-state index is 0.0354. The van der Waals surface area contributed by atoms with Gasteiger partial charge in [-0.05, 0) is 42.7 Å². The van der Waals surface area contributed by atoms with Gasteiger partial charge in [-0.1, -0.05) is 54.6 Å². The number of ketones is 1. The van der Waals surface area contributed by atoms with Gasteiger partial charge in [0.1, 0.15) is 0 Å². The molecule has 0 heterocycles. The van der Waals surface area contributed by atoms with Crippen molar-refractivity contribution in [3.8, 4) is 0 Å². The molecule has 2 N–H and O–H groups in total. The Morgan fingerprint density at radius 2 is 1.50 bits per heavy atom. The second-order valence-electron chi connectivity index (χ2n) is 7.52. The lowest BCUT2D eigenvalue weighted by atomic mass is 10.00. The summed E-state index contributed by atoms with van der Waals surface area (Å²) in [5, 5.41) is 5.81. The molecule has 5 heteroatoms. The van der Waals surface area contributed by atoms with Gasteiger partial charge in [-0.2, -0.15) is 0 Å². The molecule has 0 fully saturated rings. The highest BCUT2D eigenvalue weighted by molar-refractivity contribution is 6.13. The Balaban J connectivity index is 1.58. The zero-order valence-corrected chi connectivity index (χ0v) is 16.9. The van der Waals surface area contributed by atoms with E-state index in [-0.39, 0.29) is 24.0 Å². The quantitative estimate of drug-likeness (QED) is 0.659. The third kappa shape index (κ3) is 3.62. The van der Waals surface area contributed by atoms with E-state index in [1.54, 1.807) is 36.4 Å². The zero-order valence-electron chi connectivity index (χ0n) is 16.9. The summed E-state index contributed by atoms with van der Waals surface area (Å²) in [6, 6.07) is 19.9. The Morgan fingerprint density at radius 1 is 0.833 bits per heavy atom. The van der Waals surface area contributed by atoms with Crippen LogP contribution in [0.3, 0.4) is 0 Å². The number of fused-ring (bicyclic) bond motifs is 1. The predicted molar refractivity (Wildman–Crippen MR) is 117 cm³/mol. The van der Waals surface area contributed by atoms with Crippen molar-refractivity contribution in [2.24, 2.45) is 0 Å². The second-order valence-corrected chi connectivity index (χ2v) is 7.52. The van der Waals surface area contributed by atoms with Crippen molar-refractivity contribution >= 4 is 29.0 Å². The Bertz CT molecular complexity index is 1150. The van der Waals surface area contributed by atoms with E-state index in [4.69, 9.17) is 0 Å². The Labute approximate surface area is 175 Å². The Hall–Kier alpha value is -3.73. The van der Waals surface area contributed by atoms with Crippen LogP contribution in [0.5, 0.6) is 0 Å². The van der Waals surface area contributed by atoms with Crippen LogP contribution >= 0.6 is 0 Å². The average molecular weight is 398 g/mol. The molecule has 150 valence electrons. The first-order valence-corrected chi connectivity index (χ1v) is 9.85. The lowest BCUT2D eigenvalue weighted by Gasteiger charge is -2.16. The number of aryl methyl sites for hydroxylation is 2. The summed E-state index contributed by atoms with van der Waals surface area (Å²) in [5.41, 5.74) is 4.81. The fourth-order valence-electron chi connectivity index (χ4n) is 3.90. The standard InChI is InChI=1S/C25H22N2O3/c1-15-8-7-9-16(2)23(15)27-24(29)19-12-5-6-13-21(19)26-25(30)20-14-22(28)18-11-4-3-10-17(18)20/h3-13,20H,14H2,1-2H3,(H,26,30)(H,27,29)/t20-/m0/s1. The molecular weight excluding hydrogens is 376 g/mol. The van der Waals surface area contributed by atoms with Crippen molar-refractivity contribution in [2.45, 2.75) is 26.2 Å². The van der Waals surface area contributed by atoms with Crippen LogP contribution in [0.2, 0.25) is 0 Å². The normalized spacial score (nSPS) is 14.9. The highest BCUT2D eigenvalue weighted by Crippen LogP contribution is 2.34. The number of hydrogen-bond acceptors (Lipinski definition) is 3. The van der Waals surface area contributed by atoms with Crippen LogP contribution in [-0.2, 0) is 4.79 Å². The first kappa shape index (κ1) is 19.6. The number of hydrogen-bond donors (Lipinski definition) is 2. The smallest absolute Gasteiger partial charge is 0.257 e. The highest BCUT2D eigenvalue weighted by Gasteiger charge is 2.34. The van der Waals surface area contributed by atoms with Crippen molar-refractivity contribution < 1.29 is 14.4 Å². The molecule has 4 rings (SSSR count). The molecule has 0 unspecified atom stereocenters. The average Bonchev–Trinajstić information content (AvgIpc) is 3.08. The molecule has 1 aliphatic rings. The fraction of sp³-hybridized carbons (Fsp3) is 0.160. The summed E-state index contributed by atoms with van der Waals surface area (Å²) in [4.78, 5) is 38.2. The molecule has 0 aliphatic heterocycles. The first-order chi connectivity index (χ1) is 14.5. The van der Waals surface area contributed by atoms with Gasteiger partial charge in [0.2, 0.25) is 5.91 Å². The summed E-state index contributed by atoms with van der Waals surface area (Å²) in [7, 11) is 0. The van der Waals surface area contributed by atoms with Crippen LogP contribution in [0, 0.1) is 13.8 Å². The van der Waals surface area contributed by atoms with E-state index in [0.29, 0.717) is 16.8 Å². The van der Waals surface area contributed by atoms with Crippen LogP contribution in [-0.4, -0.2) is 17.6 Å². The molecule has 0 radical (unpaired) electrons. The van der Waals surface area contributed by atoms with Crippen LogP contribution in [0.4, 0.5) is 11.4 Å². The van der Waals surface area contributed by atoms with Crippen LogP contribution in [0.15, 0.2) is 66.7 Å².